The number of hydrogen-bond acceptors (Lipinski definition) is 2. The first-order valence-electron chi connectivity index (χ1n) is 2.84. The predicted molar refractivity (Wildman–Crippen MR) is 51.7 cm³/mol. The Kier molecular flexibility index (Phi) is 2.92. The fourth-order valence-corrected chi connectivity index (χ4v) is 2.64. The summed E-state index contributed by atoms with van der Waals surface area (Å²) in [4.78, 5) is -0.142. The van der Waals surface area contributed by atoms with Crippen molar-refractivity contribution in [1.82, 2.24) is 0 Å². The monoisotopic (exact) mass is 314 g/mol. The van der Waals surface area contributed by atoms with Gasteiger partial charge in [-0.15, -0.1) is 0 Å². The molecule has 0 amide bonds. The van der Waals surface area contributed by atoms with Gasteiger partial charge in [-0.2, -0.15) is 8.42 Å². The average Bonchev–Trinajstić information content (AvgIpc) is 1.92. The second kappa shape index (κ2) is 3.45. The van der Waals surface area contributed by atoms with Crippen LogP contribution in [0.15, 0.2) is 32.0 Å². The highest BCUT2D eigenvalue weighted by Crippen LogP contribution is 2.25. The fraction of sp³-hybridized carbons (Fsp3) is 0. The molecule has 0 aliphatic carbocycles. The lowest BCUT2D eigenvalue weighted by Gasteiger charge is -2.00. The van der Waals surface area contributed by atoms with Crippen molar-refractivity contribution < 1.29 is 13.0 Å². The van der Waals surface area contributed by atoms with Crippen molar-refractivity contribution in [3.63, 3.8) is 0 Å². The van der Waals surface area contributed by atoms with Gasteiger partial charge in [0, 0.05) is 8.95 Å². The Bertz CT molecular complexity index is 399. The molecule has 1 rings (SSSR count). The number of rotatable bonds is 1. The van der Waals surface area contributed by atoms with Crippen LogP contribution in [-0.2, 0) is 10.1 Å². The molecule has 0 fully saturated rings. The van der Waals surface area contributed by atoms with Crippen molar-refractivity contribution in [2.75, 3.05) is 0 Å². The van der Waals surface area contributed by atoms with Gasteiger partial charge in [0.05, 0.1) is 0 Å². The minimum Gasteiger partial charge on any atom is -0.282 e. The van der Waals surface area contributed by atoms with Crippen molar-refractivity contribution in [2.24, 2.45) is 0 Å². The topological polar surface area (TPSA) is 54.4 Å². The Balaban J connectivity index is 3.43. The molecule has 0 heterocycles. The maximum Gasteiger partial charge on any atom is 0.295 e. The van der Waals surface area contributed by atoms with Crippen LogP contribution in [0.25, 0.3) is 0 Å². The van der Waals surface area contributed by atoms with E-state index < -0.39 is 10.1 Å². The molecule has 6 heteroatoms. The Morgan fingerprint density at radius 2 is 1.83 bits per heavy atom. The summed E-state index contributed by atoms with van der Waals surface area (Å²) in [5.74, 6) is 0. The normalized spacial score (nSPS) is 11.6. The van der Waals surface area contributed by atoms with Crippen molar-refractivity contribution in [2.45, 2.75) is 4.90 Å². The lowest BCUT2D eigenvalue weighted by molar-refractivity contribution is 0.482. The molecule has 0 radical (unpaired) electrons. The summed E-state index contributed by atoms with van der Waals surface area (Å²) in [6.45, 7) is 0. The van der Waals surface area contributed by atoms with Crippen LogP contribution in [0, 0.1) is 0 Å². The van der Waals surface area contributed by atoms with Crippen molar-refractivity contribution in [3.05, 3.63) is 27.1 Å². The SMILES string of the molecule is O=S(=O)(O)c1cc(Br)ccc1Br. The fourth-order valence-electron chi connectivity index (χ4n) is 0.675. The van der Waals surface area contributed by atoms with Crippen molar-refractivity contribution >= 4 is 42.0 Å². The van der Waals surface area contributed by atoms with Crippen molar-refractivity contribution in [3.8, 4) is 0 Å². The zero-order valence-corrected chi connectivity index (χ0v) is 9.65. The standard InChI is InChI=1S/C6H4Br2O3S/c7-4-1-2-5(8)6(3-4)12(9,10)11/h1-3H,(H,9,10,11). The van der Waals surface area contributed by atoms with Crippen LogP contribution < -0.4 is 0 Å². The van der Waals surface area contributed by atoms with Gasteiger partial charge in [-0.25, -0.2) is 0 Å². The highest BCUT2D eigenvalue weighted by Gasteiger charge is 2.13. The number of benzene rings is 1. The van der Waals surface area contributed by atoms with Gasteiger partial charge in [-0.05, 0) is 34.1 Å². The summed E-state index contributed by atoms with van der Waals surface area (Å²) < 4.78 is 31.1. The van der Waals surface area contributed by atoms with Gasteiger partial charge < -0.3 is 0 Å². The molecule has 0 unspecified atom stereocenters. The molecular formula is C6H4Br2O3S. The van der Waals surface area contributed by atoms with E-state index in [9.17, 15) is 8.42 Å². The molecule has 0 atom stereocenters. The molecule has 0 aliphatic rings. The molecule has 12 heavy (non-hydrogen) atoms. The third kappa shape index (κ3) is 2.29. The summed E-state index contributed by atoms with van der Waals surface area (Å²) in [5.41, 5.74) is 0. The lowest BCUT2D eigenvalue weighted by Crippen LogP contribution is -1.98. The average molecular weight is 316 g/mol. The highest BCUT2D eigenvalue weighted by molar-refractivity contribution is 9.11. The molecule has 1 aromatic rings. The minimum atomic E-state index is -4.13. The van der Waals surface area contributed by atoms with Crippen LogP contribution >= 0.6 is 31.9 Å². The summed E-state index contributed by atoms with van der Waals surface area (Å²) in [7, 11) is -4.13. The minimum absolute atomic E-state index is 0.142. The van der Waals surface area contributed by atoms with Gasteiger partial charge in [0.25, 0.3) is 10.1 Å². The maximum atomic E-state index is 10.7. The van der Waals surface area contributed by atoms with Crippen LogP contribution in [0.1, 0.15) is 0 Å². The first-order valence-corrected chi connectivity index (χ1v) is 5.86. The Hall–Kier alpha value is 0.0900. The smallest absolute Gasteiger partial charge is 0.282 e. The van der Waals surface area contributed by atoms with E-state index in [1.54, 1.807) is 6.07 Å². The predicted octanol–water partition coefficient (Wildman–Crippen LogP) is 2.46. The molecule has 0 aromatic heterocycles. The van der Waals surface area contributed by atoms with Crippen molar-refractivity contribution in [1.29, 1.82) is 0 Å². The van der Waals surface area contributed by atoms with E-state index in [0.29, 0.717) is 8.95 Å². The van der Waals surface area contributed by atoms with Crippen LogP contribution in [0.4, 0.5) is 0 Å². The summed E-state index contributed by atoms with van der Waals surface area (Å²) >= 11 is 6.10. The zero-order valence-electron chi connectivity index (χ0n) is 5.66. The number of hydrogen-bond donors (Lipinski definition) is 1. The van der Waals surface area contributed by atoms with Crippen LogP contribution in [-0.4, -0.2) is 13.0 Å². The third-order valence-corrected chi connectivity index (χ3v) is 3.51. The lowest BCUT2D eigenvalue weighted by atomic mass is 10.4. The molecule has 1 N–H and O–H groups in total. The second-order valence-corrected chi connectivity index (χ2v) is 5.21. The maximum absolute atomic E-state index is 10.7. The first-order chi connectivity index (χ1) is 5.41. The van der Waals surface area contributed by atoms with E-state index >= 15 is 0 Å². The zero-order chi connectivity index (χ0) is 9.35. The van der Waals surface area contributed by atoms with Gasteiger partial charge in [0.15, 0.2) is 0 Å². The third-order valence-electron chi connectivity index (χ3n) is 1.17. The van der Waals surface area contributed by atoms with Gasteiger partial charge >= 0.3 is 0 Å². The quantitative estimate of drug-likeness (QED) is 0.810. The highest BCUT2D eigenvalue weighted by atomic mass is 79.9. The van der Waals surface area contributed by atoms with Crippen LogP contribution in [0.3, 0.4) is 0 Å². The van der Waals surface area contributed by atoms with E-state index in [2.05, 4.69) is 31.9 Å². The molecular weight excluding hydrogens is 312 g/mol. The molecule has 0 saturated carbocycles. The molecule has 3 nitrogen and oxygen atoms in total. The van der Waals surface area contributed by atoms with Gasteiger partial charge in [0.1, 0.15) is 4.90 Å². The van der Waals surface area contributed by atoms with E-state index in [0.717, 1.165) is 0 Å². The molecule has 0 saturated heterocycles. The Morgan fingerprint density at radius 1 is 1.25 bits per heavy atom. The van der Waals surface area contributed by atoms with Gasteiger partial charge in [0.2, 0.25) is 0 Å². The second-order valence-electron chi connectivity index (χ2n) is 2.05. The summed E-state index contributed by atoms with van der Waals surface area (Å²) in [5, 5.41) is 0. The molecule has 0 aliphatic heterocycles. The molecule has 1 aromatic carbocycles. The first kappa shape index (κ1) is 10.2. The largest absolute Gasteiger partial charge is 0.295 e. The van der Waals surface area contributed by atoms with Crippen LogP contribution in [0.2, 0.25) is 0 Å². The Labute approximate surface area is 86.8 Å². The van der Waals surface area contributed by atoms with Gasteiger partial charge in [-0.3, -0.25) is 4.55 Å². The summed E-state index contributed by atoms with van der Waals surface area (Å²) in [6.07, 6.45) is 0. The van der Waals surface area contributed by atoms with Crippen LogP contribution in [0.5, 0.6) is 0 Å². The number of halogens is 2. The Morgan fingerprint density at radius 3 is 2.25 bits per heavy atom. The van der Waals surface area contributed by atoms with E-state index in [1.165, 1.54) is 12.1 Å². The molecule has 66 valence electrons. The molecule has 0 spiro atoms. The summed E-state index contributed by atoms with van der Waals surface area (Å²) in [6, 6.07) is 4.52. The molecule has 0 bridgehead atoms. The van der Waals surface area contributed by atoms with E-state index in [-0.39, 0.29) is 4.90 Å². The van der Waals surface area contributed by atoms with E-state index in [1.807, 2.05) is 0 Å². The van der Waals surface area contributed by atoms with E-state index in [4.69, 9.17) is 4.55 Å². The van der Waals surface area contributed by atoms with Gasteiger partial charge in [-0.1, -0.05) is 15.9 Å².